The van der Waals surface area contributed by atoms with Crippen LogP contribution in [-0.2, 0) is 9.53 Å². The van der Waals surface area contributed by atoms with Crippen LogP contribution >= 0.6 is 11.3 Å². The van der Waals surface area contributed by atoms with Crippen molar-refractivity contribution in [1.82, 2.24) is 4.57 Å². The zero-order chi connectivity index (χ0) is 23.8. The van der Waals surface area contributed by atoms with E-state index in [1.807, 2.05) is 60.7 Å². The fourth-order valence-electron chi connectivity index (χ4n) is 4.26. The maximum atomic E-state index is 13.5. The number of carbonyl (C=O) groups is 1. The van der Waals surface area contributed by atoms with Crippen LogP contribution in [0.3, 0.4) is 0 Å². The molecule has 0 saturated heterocycles. The topological polar surface area (TPSA) is 80.9 Å². The first-order valence-electron chi connectivity index (χ1n) is 10.9. The number of benzene rings is 3. The van der Waals surface area contributed by atoms with Crippen molar-refractivity contribution in [2.75, 3.05) is 6.61 Å². The Labute approximate surface area is 199 Å². The van der Waals surface area contributed by atoms with Crippen LogP contribution in [0.2, 0.25) is 0 Å². The Kier molecular flexibility index (Phi) is 5.63. The number of rotatable bonds is 4. The number of thiazole rings is 1. The number of hydrogen-bond acceptors (Lipinski definition) is 6. The second-order valence-corrected chi connectivity index (χ2v) is 8.92. The number of nitrogens with zero attached hydrogens (tertiary/aromatic N) is 2. The summed E-state index contributed by atoms with van der Waals surface area (Å²) in [6.07, 6.45) is 1.69. The van der Waals surface area contributed by atoms with Gasteiger partial charge < -0.3 is 9.84 Å². The molecular weight excluding hydrogens is 448 g/mol. The van der Waals surface area contributed by atoms with Gasteiger partial charge in [0.15, 0.2) is 4.80 Å². The van der Waals surface area contributed by atoms with Crippen molar-refractivity contribution in [3.8, 4) is 5.75 Å². The van der Waals surface area contributed by atoms with E-state index < -0.39 is 12.0 Å². The van der Waals surface area contributed by atoms with Crippen molar-refractivity contribution in [3.05, 3.63) is 103 Å². The molecule has 0 fully saturated rings. The van der Waals surface area contributed by atoms with E-state index in [-0.39, 0.29) is 17.9 Å². The summed E-state index contributed by atoms with van der Waals surface area (Å²) in [4.78, 5) is 31.7. The molecule has 0 spiro atoms. The highest BCUT2D eigenvalue weighted by Crippen LogP contribution is 2.32. The van der Waals surface area contributed by atoms with Crippen LogP contribution in [0.5, 0.6) is 5.75 Å². The van der Waals surface area contributed by atoms with Crippen LogP contribution in [-0.4, -0.2) is 22.2 Å². The van der Waals surface area contributed by atoms with Crippen LogP contribution in [0.15, 0.2) is 82.1 Å². The van der Waals surface area contributed by atoms with E-state index in [1.165, 1.54) is 15.9 Å². The Morgan fingerprint density at radius 2 is 1.85 bits per heavy atom. The Balaban J connectivity index is 1.77. The van der Waals surface area contributed by atoms with E-state index in [4.69, 9.17) is 9.73 Å². The molecule has 1 aliphatic heterocycles. The van der Waals surface area contributed by atoms with Crippen molar-refractivity contribution in [1.29, 1.82) is 0 Å². The van der Waals surface area contributed by atoms with Gasteiger partial charge in [-0.05, 0) is 42.3 Å². The van der Waals surface area contributed by atoms with E-state index in [2.05, 4.69) is 0 Å². The Bertz CT molecular complexity index is 1630. The number of hydrogen-bond donors (Lipinski definition) is 1. The fourth-order valence-corrected chi connectivity index (χ4v) is 5.28. The number of esters is 1. The molecule has 0 radical (unpaired) electrons. The van der Waals surface area contributed by atoms with Gasteiger partial charge in [-0.3, -0.25) is 9.36 Å². The van der Waals surface area contributed by atoms with Gasteiger partial charge in [-0.1, -0.05) is 72.0 Å². The molecule has 1 N–H and O–H groups in total. The zero-order valence-corrected chi connectivity index (χ0v) is 19.5. The fraction of sp³-hybridized carbons (Fsp3) is 0.148. The van der Waals surface area contributed by atoms with Crippen LogP contribution in [0.4, 0.5) is 0 Å². The van der Waals surface area contributed by atoms with Gasteiger partial charge in [-0.25, -0.2) is 9.79 Å². The highest BCUT2D eigenvalue weighted by molar-refractivity contribution is 7.07. The molecule has 0 amide bonds. The van der Waals surface area contributed by atoms with Crippen molar-refractivity contribution >= 4 is 39.9 Å². The lowest BCUT2D eigenvalue weighted by Crippen LogP contribution is -2.35. The summed E-state index contributed by atoms with van der Waals surface area (Å²) >= 11 is 1.23. The quantitative estimate of drug-likeness (QED) is 0.461. The van der Waals surface area contributed by atoms with E-state index in [0.29, 0.717) is 26.2 Å². The van der Waals surface area contributed by atoms with E-state index in [0.717, 1.165) is 16.3 Å². The molecule has 0 saturated carbocycles. The van der Waals surface area contributed by atoms with Gasteiger partial charge in [0, 0.05) is 11.3 Å². The Hall–Kier alpha value is -3.97. The number of phenols is 1. The summed E-state index contributed by atoms with van der Waals surface area (Å²) in [6.45, 7) is 3.72. The number of aromatic nitrogens is 1. The Morgan fingerprint density at radius 3 is 2.62 bits per heavy atom. The minimum absolute atomic E-state index is 0.0908. The molecule has 2 heterocycles. The monoisotopic (exact) mass is 470 g/mol. The standard InChI is InChI=1S/C27H22N2O4S/c1-3-33-26(32)23-16(2)29-25(31)22(34-27(29)28-24(23)18-10-5-4-6-11-18)15-20-19-12-8-7-9-17(19)13-14-21(20)30/h4-15,24,30H,3H2,1-2H3/b22-15-/t24-/m1/s1. The number of phenolic OH excluding ortho intramolecular Hbond substituents is 1. The summed E-state index contributed by atoms with van der Waals surface area (Å²) in [7, 11) is 0. The van der Waals surface area contributed by atoms with Crippen molar-refractivity contribution in [2.24, 2.45) is 4.99 Å². The predicted octanol–water partition coefficient (Wildman–Crippen LogP) is 3.77. The van der Waals surface area contributed by atoms with Gasteiger partial charge in [0.05, 0.1) is 16.7 Å². The first-order chi connectivity index (χ1) is 16.5. The average Bonchev–Trinajstić information content (AvgIpc) is 3.16. The third kappa shape index (κ3) is 3.64. The van der Waals surface area contributed by atoms with E-state index in [9.17, 15) is 14.7 Å². The molecule has 5 rings (SSSR count). The second kappa shape index (κ2) is 8.76. The van der Waals surface area contributed by atoms with Gasteiger partial charge in [-0.2, -0.15) is 0 Å². The molecule has 0 aliphatic carbocycles. The number of aromatic hydroxyl groups is 1. The van der Waals surface area contributed by atoms with Gasteiger partial charge in [0.2, 0.25) is 0 Å². The second-order valence-electron chi connectivity index (χ2n) is 7.92. The summed E-state index contributed by atoms with van der Waals surface area (Å²) in [5.74, 6) is -0.397. The summed E-state index contributed by atoms with van der Waals surface area (Å²) < 4.78 is 7.20. The molecule has 1 aliphatic rings. The molecule has 34 heavy (non-hydrogen) atoms. The maximum Gasteiger partial charge on any atom is 0.338 e. The summed E-state index contributed by atoms with van der Waals surface area (Å²) in [6, 6.07) is 20.1. The molecule has 6 nitrogen and oxygen atoms in total. The number of fused-ring (bicyclic) bond motifs is 2. The van der Waals surface area contributed by atoms with Crippen molar-refractivity contribution in [2.45, 2.75) is 19.9 Å². The number of ether oxygens (including phenoxy) is 1. The molecule has 0 bridgehead atoms. The Morgan fingerprint density at radius 1 is 1.12 bits per heavy atom. The normalized spacial score (nSPS) is 15.8. The third-order valence-corrected chi connectivity index (χ3v) is 6.86. The summed E-state index contributed by atoms with van der Waals surface area (Å²) in [5, 5.41) is 12.4. The number of carbonyl (C=O) groups excluding carboxylic acids is 1. The lowest BCUT2D eigenvalue weighted by Gasteiger charge is -2.22. The van der Waals surface area contributed by atoms with Crippen LogP contribution < -0.4 is 14.9 Å². The summed E-state index contributed by atoms with van der Waals surface area (Å²) in [5.41, 5.74) is 1.97. The molecule has 1 aromatic heterocycles. The van der Waals surface area contributed by atoms with E-state index >= 15 is 0 Å². The van der Waals surface area contributed by atoms with Gasteiger partial charge in [0.1, 0.15) is 11.8 Å². The first kappa shape index (κ1) is 21.9. The lowest BCUT2D eigenvalue weighted by atomic mass is 9.97. The van der Waals surface area contributed by atoms with Gasteiger partial charge in [0.25, 0.3) is 5.56 Å². The molecular formula is C27H22N2O4S. The molecule has 7 heteroatoms. The molecule has 170 valence electrons. The molecule has 4 aromatic rings. The molecule has 3 aromatic carbocycles. The maximum absolute atomic E-state index is 13.5. The first-order valence-corrected chi connectivity index (χ1v) is 11.8. The number of allylic oxidation sites excluding steroid dienone is 1. The largest absolute Gasteiger partial charge is 0.507 e. The lowest BCUT2D eigenvalue weighted by molar-refractivity contribution is -0.138. The average molecular weight is 471 g/mol. The van der Waals surface area contributed by atoms with Crippen LogP contribution in [0.1, 0.15) is 31.0 Å². The minimum atomic E-state index is -0.572. The predicted molar refractivity (Wildman–Crippen MR) is 133 cm³/mol. The molecule has 0 unspecified atom stereocenters. The SMILES string of the molecule is CCOC(=O)C1=C(C)n2c(s/c(=C\c3c(O)ccc4ccccc34)c2=O)=N[C@@H]1c1ccccc1. The highest BCUT2D eigenvalue weighted by atomic mass is 32.1. The van der Waals surface area contributed by atoms with Gasteiger partial charge in [-0.15, -0.1) is 0 Å². The van der Waals surface area contributed by atoms with Crippen molar-refractivity contribution in [3.63, 3.8) is 0 Å². The van der Waals surface area contributed by atoms with Gasteiger partial charge >= 0.3 is 5.97 Å². The third-order valence-electron chi connectivity index (χ3n) is 5.88. The minimum Gasteiger partial charge on any atom is -0.507 e. The smallest absolute Gasteiger partial charge is 0.338 e. The van der Waals surface area contributed by atoms with Crippen LogP contribution in [0, 0.1) is 0 Å². The van der Waals surface area contributed by atoms with Crippen molar-refractivity contribution < 1.29 is 14.6 Å². The molecule has 1 atom stereocenters. The zero-order valence-electron chi connectivity index (χ0n) is 18.7. The van der Waals surface area contributed by atoms with Crippen LogP contribution in [0.25, 0.3) is 22.5 Å². The van der Waals surface area contributed by atoms with E-state index in [1.54, 1.807) is 26.0 Å². The highest BCUT2D eigenvalue weighted by Gasteiger charge is 2.31.